The fraction of sp³-hybridized carbons (Fsp3) is 0.200. The number of carbonyl (C=O) groups excluding carboxylic acids is 2. The van der Waals surface area contributed by atoms with E-state index >= 15 is 0 Å². The van der Waals surface area contributed by atoms with Gasteiger partial charge >= 0.3 is 6.03 Å². The first-order valence-corrected chi connectivity index (χ1v) is 9.09. The quantitative estimate of drug-likeness (QED) is 0.521. The van der Waals surface area contributed by atoms with E-state index < -0.39 is 18.0 Å². The predicted molar refractivity (Wildman–Crippen MR) is 106 cm³/mol. The second-order valence-corrected chi connectivity index (χ2v) is 6.88. The van der Waals surface area contributed by atoms with E-state index in [2.05, 4.69) is 16.4 Å². The van der Waals surface area contributed by atoms with E-state index in [4.69, 9.17) is 17.3 Å². The molecule has 0 aliphatic heterocycles. The number of fused-ring (bicyclic) bond motifs is 1. The van der Waals surface area contributed by atoms with Crippen LogP contribution in [0, 0.1) is 0 Å². The van der Waals surface area contributed by atoms with Gasteiger partial charge in [0.15, 0.2) is 6.04 Å². The minimum atomic E-state index is -0.848. The third-order valence-corrected chi connectivity index (χ3v) is 5.01. The lowest BCUT2D eigenvalue weighted by Gasteiger charge is -2.19. The van der Waals surface area contributed by atoms with E-state index in [1.165, 1.54) is 0 Å². The molecular formula is C20H22ClN4O2+. The van der Waals surface area contributed by atoms with Crippen molar-refractivity contribution in [1.82, 2.24) is 10.3 Å². The normalized spacial score (nSPS) is 13.3. The summed E-state index contributed by atoms with van der Waals surface area (Å²) >= 11 is 6.47. The van der Waals surface area contributed by atoms with Crippen molar-refractivity contribution in [2.75, 3.05) is 6.54 Å². The number of primary amides is 1. The van der Waals surface area contributed by atoms with Crippen LogP contribution in [0.1, 0.15) is 24.0 Å². The van der Waals surface area contributed by atoms with E-state index in [9.17, 15) is 9.59 Å². The molecular weight excluding hydrogens is 364 g/mol. The standard InChI is InChI=1S/C20H21ClN4O2/c1-12(19(26)25-20(22)27)23-10-15(13-6-2-4-8-17(13)21)16-11-24-18-9-5-3-7-14(16)18/h2-9,11-12,15,23-24H,10H2,1H3,(H3,22,25,26,27)/p+1/t12-,15+/m0/s1. The Morgan fingerprint density at radius 1 is 1.15 bits per heavy atom. The first-order valence-electron chi connectivity index (χ1n) is 8.71. The number of aromatic amines is 1. The van der Waals surface area contributed by atoms with Gasteiger partial charge in [0.25, 0.3) is 5.91 Å². The molecule has 0 fully saturated rings. The van der Waals surface area contributed by atoms with Gasteiger partial charge in [0.1, 0.15) is 0 Å². The summed E-state index contributed by atoms with van der Waals surface area (Å²) in [7, 11) is 0. The summed E-state index contributed by atoms with van der Waals surface area (Å²) in [6, 6.07) is 14.5. The number of nitrogens with one attached hydrogen (secondary N) is 2. The van der Waals surface area contributed by atoms with Gasteiger partial charge in [0, 0.05) is 22.1 Å². The maximum Gasteiger partial charge on any atom is 0.319 e. The number of urea groups is 1. The van der Waals surface area contributed by atoms with Gasteiger partial charge in [-0.05, 0) is 30.2 Å². The van der Waals surface area contributed by atoms with Crippen LogP contribution < -0.4 is 16.4 Å². The zero-order chi connectivity index (χ0) is 19.4. The van der Waals surface area contributed by atoms with E-state index in [0.29, 0.717) is 11.6 Å². The molecule has 27 heavy (non-hydrogen) atoms. The van der Waals surface area contributed by atoms with Crippen LogP contribution in [0.4, 0.5) is 4.79 Å². The average molecular weight is 386 g/mol. The molecule has 2 atom stereocenters. The van der Waals surface area contributed by atoms with Gasteiger partial charge < -0.3 is 16.0 Å². The molecule has 0 aliphatic carbocycles. The molecule has 3 aromatic rings. The third-order valence-electron chi connectivity index (χ3n) is 4.66. The molecule has 0 saturated heterocycles. The second kappa shape index (κ2) is 8.24. The van der Waals surface area contributed by atoms with Crippen LogP contribution >= 0.6 is 11.6 Å². The number of imide groups is 1. The third kappa shape index (κ3) is 4.30. The summed E-state index contributed by atoms with van der Waals surface area (Å²) in [4.78, 5) is 26.2. The number of aromatic nitrogens is 1. The number of H-pyrrole nitrogens is 1. The number of para-hydroxylation sites is 1. The Morgan fingerprint density at radius 3 is 2.59 bits per heavy atom. The van der Waals surface area contributed by atoms with Gasteiger partial charge in [0.05, 0.1) is 12.5 Å². The number of benzene rings is 2. The van der Waals surface area contributed by atoms with E-state index in [1.807, 2.05) is 54.0 Å². The van der Waals surface area contributed by atoms with Crippen molar-refractivity contribution in [2.24, 2.45) is 5.73 Å². The van der Waals surface area contributed by atoms with Crippen molar-refractivity contribution in [3.63, 3.8) is 0 Å². The molecule has 2 aromatic carbocycles. The highest BCUT2D eigenvalue weighted by molar-refractivity contribution is 6.31. The van der Waals surface area contributed by atoms with Crippen molar-refractivity contribution >= 4 is 34.4 Å². The fourth-order valence-electron chi connectivity index (χ4n) is 3.24. The van der Waals surface area contributed by atoms with Crippen LogP contribution in [-0.2, 0) is 4.79 Å². The van der Waals surface area contributed by atoms with E-state index in [1.54, 1.807) is 6.92 Å². The highest BCUT2D eigenvalue weighted by Crippen LogP contribution is 2.33. The first-order chi connectivity index (χ1) is 13.0. The Hall–Kier alpha value is -2.83. The maximum absolute atomic E-state index is 12.0. The van der Waals surface area contributed by atoms with Gasteiger partial charge in [-0.2, -0.15) is 0 Å². The molecule has 0 saturated carbocycles. The molecule has 0 spiro atoms. The summed E-state index contributed by atoms with van der Waals surface area (Å²) in [5.41, 5.74) is 8.17. The lowest BCUT2D eigenvalue weighted by atomic mass is 9.90. The highest BCUT2D eigenvalue weighted by atomic mass is 35.5. The molecule has 3 amide bonds. The fourth-order valence-corrected chi connectivity index (χ4v) is 3.51. The van der Waals surface area contributed by atoms with Gasteiger partial charge in [-0.15, -0.1) is 0 Å². The van der Waals surface area contributed by atoms with Gasteiger partial charge in [-0.25, -0.2) is 4.79 Å². The predicted octanol–water partition coefficient (Wildman–Crippen LogP) is 2.10. The van der Waals surface area contributed by atoms with Gasteiger partial charge in [0.2, 0.25) is 0 Å². The average Bonchev–Trinajstić information content (AvgIpc) is 3.06. The van der Waals surface area contributed by atoms with Crippen molar-refractivity contribution in [3.8, 4) is 0 Å². The van der Waals surface area contributed by atoms with Gasteiger partial charge in [-0.1, -0.05) is 48.0 Å². The number of nitrogens with two attached hydrogens (primary N) is 2. The van der Waals surface area contributed by atoms with Crippen LogP contribution in [0.3, 0.4) is 0 Å². The molecule has 7 heteroatoms. The van der Waals surface area contributed by atoms with E-state index in [-0.39, 0.29) is 5.92 Å². The lowest BCUT2D eigenvalue weighted by molar-refractivity contribution is -0.674. The Bertz CT molecular complexity index is 969. The summed E-state index contributed by atoms with van der Waals surface area (Å²) in [6.07, 6.45) is 1.99. The maximum atomic E-state index is 12.0. The smallest absolute Gasteiger partial charge is 0.319 e. The molecule has 3 rings (SSSR count). The van der Waals surface area contributed by atoms with Gasteiger partial charge in [-0.3, -0.25) is 10.1 Å². The Morgan fingerprint density at radius 2 is 1.85 bits per heavy atom. The SMILES string of the molecule is C[C@H]([NH2+]C[C@H](c1ccccc1Cl)c1c[nH]c2ccccc12)C(=O)NC(N)=O. The molecule has 0 bridgehead atoms. The minimum Gasteiger partial charge on any atom is -0.361 e. The number of quaternary nitrogens is 1. The van der Waals surface area contributed by atoms with Crippen molar-refractivity contribution in [2.45, 2.75) is 18.9 Å². The Balaban J connectivity index is 1.91. The topological polar surface area (TPSA) is 105 Å². The largest absolute Gasteiger partial charge is 0.361 e. The summed E-state index contributed by atoms with van der Waals surface area (Å²) in [5.74, 6) is -0.446. The van der Waals surface area contributed by atoms with Crippen LogP contribution in [0.15, 0.2) is 54.7 Å². The number of halogens is 1. The number of hydrogen-bond donors (Lipinski definition) is 4. The summed E-state index contributed by atoms with van der Waals surface area (Å²) in [6.45, 7) is 2.32. The molecule has 6 nitrogen and oxygen atoms in total. The molecule has 140 valence electrons. The van der Waals surface area contributed by atoms with Crippen LogP contribution in [0.25, 0.3) is 10.9 Å². The van der Waals surface area contributed by atoms with Crippen LogP contribution in [0.5, 0.6) is 0 Å². The van der Waals surface area contributed by atoms with Crippen LogP contribution in [0.2, 0.25) is 5.02 Å². The zero-order valence-electron chi connectivity index (χ0n) is 14.9. The van der Waals surface area contributed by atoms with Crippen molar-refractivity contribution in [1.29, 1.82) is 0 Å². The Labute approximate surface area is 162 Å². The number of rotatable bonds is 6. The molecule has 0 radical (unpaired) electrons. The molecule has 0 aliphatic rings. The van der Waals surface area contributed by atoms with Crippen molar-refractivity contribution in [3.05, 3.63) is 70.9 Å². The number of amides is 3. The highest BCUT2D eigenvalue weighted by Gasteiger charge is 2.25. The zero-order valence-corrected chi connectivity index (χ0v) is 15.7. The molecule has 1 aromatic heterocycles. The summed E-state index contributed by atoms with van der Waals surface area (Å²) < 4.78 is 0. The van der Waals surface area contributed by atoms with Crippen LogP contribution in [-0.4, -0.2) is 29.5 Å². The number of carbonyl (C=O) groups is 2. The first kappa shape index (κ1) is 18.9. The minimum absolute atomic E-state index is 0.0290. The Kier molecular flexibility index (Phi) is 5.78. The number of hydrogen-bond acceptors (Lipinski definition) is 2. The molecule has 1 heterocycles. The second-order valence-electron chi connectivity index (χ2n) is 6.48. The summed E-state index contributed by atoms with van der Waals surface area (Å²) in [5, 5.41) is 5.79. The van der Waals surface area contributed by atoms with Crippen molar-refractivity contribution < 1.29 is 14.9 Å². The monoisotopic (exact) mass is 385 g/mol. The molecule has 6 N–H and O–H groups in total. The molecule has 0 unspecified atom stereocenters. The van der Waals surface area contributed by atoms with E-state index in [0.717, 1.165) is 22.0 Å². The lowest BCUT2D eigenvalue weighted by Crippen LogP contribution is -2.92.